The number of para-hydroxylation sites is 2. The molecular formula is C29H33N3O3. The summed E-state index contributed by atoms with van der Waals surface area (Å²) in [5, 5.41) is 3.06. The number of aromatic nitrogens is 2. The van der Waals surface area contributed by atoms with Crippen LogP contribution >= 0.6 is 0 Å². The Balaban J connectivity index is 1.29. The molecule has 6 heteroatoms. The van der Waals surface area contributed by atoms with E-state index in [9.17, 15) is 4.79 Å². The maximum Gasteiger partial charge on any atom is 0.224 e. The first-order valence-electron chi connectivity index (χ1n) is 12.2. The zero-order chi connectivity index (χ0) is 24.5. The van der Waals surface area contributed by atoms with Crippen LogP contribution in [0.15, 0.2) is 72.8 Å². The number of imidazole rings is 1. The largest absolute Gasteiger partial charge is 0.497 e. The Bertz CT molecular complexity index is 1270. The number of fused-ring (bicyclic) bond motifs is 1. The van der Waals surface area contributed by atoms with E-state index in [1.807, 2.05) is 73.7 Å². The summed E-state index contributed by atoms with van der Waals surface area (Å²) in [4.78, 5) is 17.2. The first-order valence-corrected chi connectivity index (χ1v) is 12.2. The molecule has 0 fully saturated rings. The van der Waals surface area contributed by atoms with Crippen molar-refractivity contribution >= 4 is 16.9 Å². The van der Waals surface area contributed by atoms with Gasteiger partial charge in [-0.25, -0.2) is 4.98 Å². The van der Waals surface area contributed by atoms with Gasteiger partial charge < -0.3 is 19.4 Å². The van der Waals surface area contributed by atoms with Gasteiger partial charge in [-0.1, -0.05) is 42.5 Å². The molecule has 0 saturated carbocycles. The van der Waals surface area contributed by atoms with Crippen molar-refractivity contribution in [2.45, 2.75) is 39.2 Å². The van der Waals surface area contributed by atoms with Gasteiger partial charge in [-0.15, -0.1) is 0 Å². The van der Waals surface area contributed by atoms with Crippen LogP contribution in [0.3, 0.4) is 0 Å². The molecule has 1 aromatic heterocycles. The summed E-state index contributed by atoms with van der Waals surface area (Å²) in [5.41, 5.74) is 4.35. The van der Waals surface area contributed by atoms with Crippen molar-refractivity contribution in [3.05, 3.63) is 89.7 Å². The molecule has 0 bridgehead atoms. The average molecular weight is 472 g/mol. The van der Waals surface area contributed by atoms with Crippen LogP contribution in [0.2, 0.25) is 0 Å². The van der Waals surface area contributed by atoms with Crippen molar-refractivity contribution in [3.63, 3.8) is 0 Å². The monoisotopic (exact) mass is 471 g/mol. The number of nitrogens with one attached hydrogen (secondary N) is 1. The van der Waals surface area contributed by atoms with E-state index in [-0.39, 0.29) is 5.91 Å². The number of ether oxygens (including phenoxy) is 2. The number of benzene rings is 3. The molecule has 1 heterocycles. The van der Waals surface area contributed by atoms with Gasteiger partial charge in [-0.05, 0) is 55.2 Å². The Morgan fingerprint density at radius 3 is 2.63 bits per heavy atom. The minimum Gasteiger partial charge on any atom is -0.497 e. The second kappa shape index (κ2) is 12.1. The highest BCUT2D eigenvalue weighted by Gasteiger charge is 2.11. The summed E-state index contributed by atoms with van der Waals surface area (Å²) in [6, 6.07) is 23.9. The Labute approximate surface area is 206 Å². The standard InChI is InChI=1S/C29H33N3O3/c1-22-10-3-4-11-23(22)20-29(33)30-17-8-16-28-31-26-14-5-6-15-27(26)32(28)18-9-19-35-25-13-7-12-24(21-25)34-2/h3-7,10-15,21H,8-9,16-20H2,1-2H3,(H,30,33). The lowest BCUT2D eigenvalue weighted by molar-refractivity contribution is -0.120. The molecule has 182 valence electrons. The zero-order valence-electron chi connectivity index (χ0n) is 20.5. The van der Waals surface area contributed by atoms with Gasteiger partial charge in [0.05, 0.1) is 31.2 Å². The van der Waals surface area contributed by atoms with Crippen molar-refractivity contribution in [2.75, 3.05) is 20.3 Å². The predicted octanol–water partition coefficient (Wildman–Crippen LogP) is 5.11. The van der Waals surface area contributed by atoms with E-state index in [1.54, 1.807) is 7.11 Å². The number of rotatable bonds is 12. The number of carbonyl (C=O) groups is 1. The molecule has 1 N–H and O–H groups in total. The lowest BCUT2D eigenvalue weighted by Crippen LogP contribution is -2.26. The third-order valence-corrected chi connectivity index (χ3v) is 6.08. The van der Waals surface area contributed by atoms with E-state index in [0.29, 0.717) is 19.6 Å². The number of amides is 1. The molecule has 0 aliphatic carbocycles. The Kier molecular flexibility index (Phi) is 8.39. The zero-order valence-corrected chi connectivity index (χ0v) is 20.5. The molecule has 3 aromatic carbocycles. The summed E-state index contributed by atoms with van der Waals surface area (Å²) >= 11 is 0. The molecule has 6 nitrogen and oxygen atoms in total. The molecular weight excluding hydrogens is 438 g/mol. The number of hydrogen-bond donors (Lipinski definition) is 1. The second-order valence-corrected chi connectivity index (χ2v) is 8.61. The van der Waals surface area contributed by atoms with Crippen molar-refractivity contribution in [1.29, 1.82) is 0 Å². The molecule has 0 aliphatic heterocycles. The molecule has 0 radical (unpaired) electrons. The van der Waals surface area contributed by atoms with Gasteiger partial charge in [0.1, 0.15) is 17.3 Å². The second-order valence-electron chi connectivity index (χ2n) is 8.61. The van der Waals surface area contributed by atoms with Crippen LogP contribution in [0.1, 0.15) is 29.8 Å². The average Bonchev–Trinajstić information content (AvgIpc) is 3.23. The van der Waals surface area contributed by atoms with Crippen LogP contribution in [0.4, 0.5) is 0 Å². The lowest BCUT2D eigenvalue weighted by Gasteiger charge is -2.11. The van der Waals surface area contributed by atoms with E-state index >= 15 is 0 Å². The van der Waals surface area contributed by atoms with Crippen LogP contribution in [0.5, 0.6) is 11.5 Å². The number of aryl methyl sites for hydroxylation is 3. The van der Waals surface area contributed by atoms with Crippen molar-refractivity contribution in [3.8, 4) is 11.5 Å². The SMILES string of the molecule is COc1cccc(OCCCn2c(CCCNC(=O)Cc3ccccc3C)nc3ccccc32)c1. The molecule has 1 amide bonds. The fraction of sp³-hybridized carbons (Fsp3) is 0.310. The minimum absolute atomic E-state index is 0.0579. The van der Waals surface area contributed by atoms with E-state index in [4.69, 9.17) is 14.5 Å². The van der Waals surface area contributed by atoms with Gasteiger partial charge in [0.25, 0.3) is 0 Å². The van der Waals surface area contributed by atoms with Gasteiger partial charge in [0.15, 0.2) is 0 Å². The van der Waals surface area contributed by atoms with Crippen LogP contribution in [-0.4, -0.2) is 35.7 Å². The van der Waals surface area contributed by atoms with Crippen LogP contribution in [-0.2, 0) is 24.2 Å². The molecule has 0 aliphatic rings. The normalized spacial score (nSPS) is 10.9. The van der Waals surface area contributed by atoms with Crippen LogP contribution < -0.4 is 14.8 Å². The molecule has 0 unspecified atom stereocenters. The third kappa shape index (κ3) is 6.63. The maximum atomic E-state index is 12.4. The van der Waals surface area contributed by atoms with Crippen LogP contribution in [0.25, 0.3) is 11.0 Å². The Hall–Kier alpha value is -3.80. The van der Waals surface area contributed by atoms with E-state index in [0.717, 1.165) is 65.3 Å². The summed E-state index contributed by atoms with van der Waals surface area (Å²) < 4.78 is 13.5. The van der Waals surface area contributed by atoms with Gasteiger partial charge in [0, 0.05) is 25.6 Å². The van der Waals surface area contributed by atoms with Crippen LogP contribution in [0, 0.1) is 6.92 Å². The third-order valence-electron chi connectivity index (χ3n) is 6.08. The minimum atomic E-state index is 0.0579. The Morgan fingerprint density at radius 2 is 1.77 bits per heavy atom. The van der Waals surface area contributed by atoms with E-state index < -0.39 is 0 Å². The number of hydrogen-bond acceptors (Lipinski definition) is 4. The summed E-state index contributed by atoms with van der Waals surface area (Å²) in [6.07, 6.45) is 2.91. The first-order chi connectivity index (χ1) is 17.1. The van der Waals surface area contributed by atoms with Gasteiger partial charge in [0.2, 0.25) is 5.91 Å². The molecule has 35 heavy (non-hydrogen) atoms. The fourth-order valence-corrected chi connectivity index (χ4v) is 4.19. The molecule has 4 aromatic rings. The smallest absolute Gasteiger partial charge is 0.224 e. The molecule has 4 rings (SSSR count). The summed E-state index contributed by atoms with van der Waals surface area (Å²) in [7, 11) is 1.65. The van der Waals surface area contributed by atoms with Gasteiger partial charge in [-0.2, -0.15) is 0 Å². The number of nitrogens with zero attached hydrogens (tertiary/aromatic N) is 2. The van der Waals surface area contributed by atoms with Crippen molar-refractivity contribution in [2.24, 2.45) is 0 Å². The quantitative estimate of drug-likeness (QED) is 0.292. The predicted molar refractivity (Wildman–Crippen MR) is 139 cm³/mol. The topological polar surface area (TPSA) is 65.4 Å². The van der Waals surface area contributed by atoms with Crippen molar-refractivity contribution in [1.82, 2.24) is 14.9 Å². The molecule has 0 atom stereocenters. The van der Waals surface area contributed by atoms with Crippen molar-refractivity contribution < 1.29 is 14.3 Å². The highest BCUT2D eigenvalue weighted by atomic mass is 16.5. The molecule has 0 spiro atoms. The summed E-state index contributed by atoms with van der Waals surface area (Å²) in [6.45, 7) is 4.09. The lowest BCUT2D eigenvalue weighted by atomic mass is 10.1. The first kappa shape index (κ1) is 24.3. The summed E-state index contributed by atoms with van der Waals surface area (Å²) in [5.74, 6) is 2.70. The number of methoxy groups -OCH3 is 1. The van der Waals surface area contributed by atoms with E-state index in [1.165, 1.54) is 0 Å². The van der Waals surface area contributed by atoms with Gasteiger partial charge >= 0.3 is 0 Å². The maximum absolute atomic E-state index is 12.4. The highest BCUT2D eigenvalue weighted by Crippen LogP contribution is 2.20. The number of carbonyl (C=O) groups excluding carboxylic acids is 1. The highest BCUT2D eigenvalue weighted by molar-refractivity contribution is 5.79. The van der Waals surface area contributed by atoms with E-state index in [2.05, 4.69) is 16.0 Å². The molecule has 0 saturated heterocycles. The fourth-order valence-electron chi connectivity index (χ4n) is 4.19. The Morgan fingerprint density at radius 1 is 0.971 bits per heavy atom. The van der Waals surface area contributed by atoms with Gasteiger partial charge in [-0.3, -0.25) is 4.79 Å².